The molecule has 6 nitrogen and oxygen atoms in total. The highest BCUT2D eigenvalue weighted by Crippen LogP contribution is 2.27. The van der Waals surface area contributed by atoms with Gasteiger partial charge in [-0.2, -0.15) is 0 Å². The first-order valence-electron chi connectivity index (χ1n) is 9.21. The zero-order valence-corrected chi connectivity index (χ0v) is 15.3. The van der Waals surface area contributed by atoms with Crippen molar-refractivity contribution in [3.8, 4) is 0 Å². The summed E-state index contributed by atoms with van der Waals surface area (Å²) >= 11 is 0. The van der Waals surface area contributed by atoms with Gasteiger partial charge in [0, 0.05) is 51.7 Å². The molecule has 138 valence electrons. The van der Waals surface area contributed by atoms with E-state index in [2.05, 4.69) is 15.5 Å². The van der Waals surface area contributed by atoms with Crippen LogP contribution < -0.4 is 10.6 Å². The fourth-order valence-electron chi connectivity index (χ4n) is 4.15. The molecule has 1 aliphatic carbocycles. The third kappa shape index (κ3) is 5.33. The van der Waals surface area contributed by atoms with E-state index >= 15 is 0 Å². The quantitative estimate of drug-likeness (QED) is 0.756. The van der Waals surface area contributed by atoms with Crippen molar-refractivity contribution in [2.24, 2.45) is 5.92 Å². The van der Waals surface area contributed by atoms with Gasteiger partial charge < -0.3 is 15.5 Å². The van der Waals surface area contributed by atoms with Crippen LogP contribution in [0.15, 0.2) is 0 Å². The van der Waals surface area contributed by atoms with Crippen molar-refractivity contribution >= 4 is 24.2 Å². The molecule has 1 unspecified atom stereocenters. The molecule has 2 N–H and O–H groups in total. The molecule has 3 rings (SSSR count). The average Bonchev–Trinajstić information content (AvgIpc) is 3.25. The SMILES string of the molecule is Cl.O=C(CC1CCCC1)NCC(=O)N1CCC(N2CCNCC2)C1. The Morgan fingerprint density at radius 1 is 1.04 bits per heavy atom. The highest BCUT2D eigenvalue weighted by molar-refractivity contribution is 5.85. The molecule has 7 heteroatoms. The maximum absolute atomic E-state index is 12.3. The Hall–Kier alpha value is -0.850. The van der Waals surface area contributed by atoms with Gasteiger partial charge >= 0.3 is 0 Å². The molecule has 1 saturated carbocycles. The second-order valence-electron chi connectivity index (χ2n) is 7.20. The normalized spacial score (nSPS) is 25.5. The molecule has 2 aliphatic heterocycles. The molecule has 0 bridgehead atoms. The minimum Gasteiger partial charge on any atom is -0.347 e. The van der Waals surface area contributed by atoms with Crippen molar-refractivity contribution in [1.29, 1.82) is 0 Å². The second-order valence-corrected chi connectivity index (χ2v) is 7.20. The van der Waals surface area contributed by atoms with Crippen LogP contribution in [0.25, 0.3) is 0 Å². The summed E-state index contributed by atoms with van der Waals surface area (Å²) in [6.07, 6.45) is 6.48. The standard InChI is InChI=1S/C17H30N4O2.ClH/c22-16(11-14-3-1-2-4-14)19-12-17(23)21-8-5-15(13-21)20-9-6-18-7-10-20;/h14-15,18H,1-13H2,(H,19,22);1H. The fourth-order valence-corrected chi connectivity index (χ4v) is 4.15. The van der Waals surface area contributed by atoms with Gasteiger partial charge in [-0.3, -0.25) is 14.5 Å². The van der Waals surface area contributed by atoms with E-state index < -0.39 is 0 Å². The Morgan fingerprint density at radius 3 is 2.46 bits per heavy atom. The van der Waals surface area contributed by atoms with Gasteiger partial charge in [0.05, 0.1) is 6.54 Å². The minimum atomic E-state index is 0. The zero-order chi connectivity index (χ0) is 16.1. The summed E-state index contributed by atoms with van der Waals surface area (Å²) < 4.78 is 0. The number of amides is 2. The molecule has 2 amide bonds. The maximum Gasteiger partial charge on any atom is 0.242 e. The number of nitrogens with one attached hydrogen (secondary N) is 2. The first-order chi connectivity index (χ1) is 11.2. The van der Waals surface area contributed by atoms with E-state index in [1.54, 1.807) is 0 Å². The Morgan fingerprint density at radius 2 is 1.75 bits per heavy atom. The number of carbonyl (C=O) groups excluding carboxylic acids is 2. The number of halogens is 1. The van der Waals surface area contributed by atoms with Crippen LogP contribution in [0.3, 0.4) is 0 Å². The summed E-state index contributed by atoms with van der Waals surface area (Å²) in [5.41, 5.74) is 0. The van der Waals surface area contributed by atoms with E-state index in [1.807, 2.05) is 4.90 Å². The smallest absolute Gasteiger partial charge is 0.242 e. The Kier molecular flexibility index (Phi) is 7.78. The van der Waals surface area contributed by atoms with Gasteiger partial charge in [0.25, 0.3) is 0 Å². The molecule has 0 spiro atoms. The number of likely N-dealkylation sites (tertiary alicyclic amines) is 1. The number of hydrogen-bond donors (Lipinski definition) is 2. The predicted octanol–water partition coefficient (Wildman–Crippen LogP) is 0.611. The van der Waals surface area contributed by atoms with Crippen molar-refractivity contribution in [3.63, 3.8) is 0 Å². The number of nitrogens with zero attached hydrogens (tertiary/aromatic N) is 2. The average molecular weight is 359 g/mol. The Balaban J connectivity index is 0.00000208. The lowest BCUT2D eigenvalue weighted by Gasteiger charge is -2.32. The van der Waals surface area contributed by atoms with Crippen molar-refractivity contribution in [2.75, 3.05) is 45.8 Å². The van der Waals surface area contributed by atoms with Gasteiger partial charge in [0.2, 0.25) is 11.8 Å². The van der Waals surface area contributed by atoms with Crippen molar-refractivity contribution in [3.05, 3.63) is 0 Å². The van der Waals surface area contributed by atoms with Gasteiger partial charge in [0.15, 0.2) is 0 Å². The molecule has 0 aromatic carbocycles. The van der Waals surface area contributed by atoms with E-state index in [9.17, 15) is 9.59 Å². The Bertz CT molecular complexity index is 423. The van der Waals surface area contributed by atoms with Crippen LogP contribution in [0.1, 0.15) is 38.5 Å². The van der Waals surface area contributed by atoms with Crippen LogP contribution >= 0.6 is 12.4 Å². The summed E-state index contributed by atoms with van der Waals surface area (Å²) in [5.74, 6) is 0.652. The molecule has 3 aliphatic rings. The topological polar surface area (TPSA) is 64.7 Å². The third-order valence-electron chi connectivity index (χ3n) is 5.57. The molecule has 2 heterocycles. The molecule has 0 aromatic rings. The molecule has 2 saturated heterocycles. The maximum atomic E-state index is 12.3. The van der Waals surface area contributed by atoms with Crippen LogP contribution in [-0.4, -0.2) is 73.5 Å². The van der Waals surface area contributed by atoms with Gasteiger partial charge in [-0.1, -0.05) is 12.8 Å². The first-order valence-corrected chi connectivity index (χ1v) is 9.21. The number of hydrogen-bond acceptors (Lipinski definition) is 4. The third-order valence-corrected chi connectivity index (χ3v) is 5.57. The van der Waals surface area contributed by atoms with E-state index in [4.69, 9.17) is 0 Å². The Labute approximate surface area is 151 Å². The van der Waals surface area contributed by atoms with Gasteiger partial charge in [-0.25, -0.2) is 0 Å². The highest BCUT2D eigenvalue weighted by Gasteiger charge is 2.30. The van der Waals surface area contributed by atoms with Crippen LogP contribution in [0.5, 0.6) is 0 Å². The first kappa shape index (κ1) is 19.5. The van der Waals surface area contributed by atoms with Gasteiger partial charge in [-0.15, -0.1) is 12.4 Å². The predicted molar refractivity (Wildman–Crippen MR) is 96.3 cm³/mol. The van der Waals surface area contributed by atoms with Crippen molar-refractivity contribution < 1.29 is 9.59 Å². The minimum absolute atomic E-state index is 0. The van der Waals surface area contributed by atoms with E-state index in [0.29, 0.717) is 18.4 Å². The lowest BCUT2D eigenvalue weighted by Crippen LogP contribution is -2.49. The van der Waals surface area contributed by atoms with E-state index in [1.165, 1.54) is 25.7 Å². The summed E-state index contributed by atoms with van der Waals surface area (Å²) in [5, 5.41) is 6.19. The number of carbonyl (C=O) groups is 2. The molecule has 24 heavy (non-hydrogen) atoms. The molecular weight excluding hydrogens is 328 g/mol. The van der Waals surface area contributed by atoms with Crippen LogP contribution in [0.2, 0.25) is 0 Å². The summed E-state index contributed by atoms with van der Waals surface area (Å²) in [6.45, 7) is 6.04. The van der Waals surface area contributed by atoms with Crippen molar-refractivity contribution in [2.45, 2.75) is 44.6 Å². The molecule has 0 aromatic heterocycles. The lowest BCUT2D eigenvalue weighted by molar-refractivity contribution is -0.132. The summed E-state index contributed by atoms with van der Waals surface area (Å²) in [7, 11) is 0. The van der Waals surface area contributed by atoms with E-state index in [0.717, 1.165) is 45.7 Å². The molecular formula is C17H31ClN4O2. The molecule has 1 atom stereocenters. The van der Waals surface area contributed by atoms with Crippen LogP contribution in [0, 0.1) is 5.92 Å². The second kappa shape index (κ2) is 9.59. The lowest BCUT2D eigenvalue weighted by atomic mass is 10.0. The van der Waals surface area contributed by atoms with Crippen LogP contribution in [0.4, 0.5) is 0 Å². The molecule has 0 radical (unpaired) electrons. The summed E-state index contributed by atoms with van der Waals surface area (Å²) in [4.78, 5) is 28.6. The van der Waals surface area contributed by atoms with E-state index in [-0.39, 0.29) is 30.8 Å². The van der Waals surface area contributed by atoms with Crippen molar-refractivity contribution in [1.82, 2.24) is 20.4 Å². The zero-order valence-electron chi connectivity index (χ0n) is 14.5. The van der Waals surface area contributed by atoms with Crippen LogP contribution in [-0.2, 0) is 9.59 Å². The monoisotopic (exact) mass is 358 g/mol. The summed E-state index contributed by atoms with van der Waals surface area (Å²) in [6, 6.07) is 0.496. The fraction of sp³-hybridized carbons (Fsp3) is 0.882. The number of piperazine rings is 1. The highest BCUT2D eigenvalue weighted by atomic mass is 35.5. The van der Waals surface area contributed by atoms with Gasteiger partial charge in [-0.05, 0) is 25.2 Å². The van der Waals surface area contributed by atoms with Gasteiger partial charge in [0.1, 0.15) is 0 Å². The number of rotatable bonds is 5. The molecule has 3 fully saturated rings. The largest absolute Gasteiger partial charge is 0.347 e.